The number of nitrogens with zero attached hydrogens (tertiary/aromatic N) is 2. The summed E-state index contributed by atoms with van der Waals surface area (Å²) in [5.74, 6) is -0.262. The van der Waals surface area contributed by atoms with Gasteiger partial charge in [0.2, 0.25) is 0 Å². The van der Waals surface area contributed by atoms with Gasteiger partial charge in [0.1, 0.15) is 13.2 Å². The molecule has 0 saturated heterocycles. The van der Waals surface area contributed by atoms with Gasteiger partial charge in [-0.1, -0.05) is 128 Å². The molecule has 0 N–H and O–H groups in total. The molecule has 0 spiro atoms. The van der Waals surface area contributed by atoms with Crippen LogP contribution in [0.25, 0.3) is 11.1 Å². The maximum atomic E-state index is 12.6. The molecule has 50 heavy (non-hydrogen) atoms. The monoisotopic (exact) mass is 693 g/mol. The maximum absolute atomic E-state index is 12.6. The van der Waals surface area contributed by atoms with Crippen molar-refractivity contribution in [1.82, 2.24) is 9.80 Å². The van der Waals surface area contributed by atoms with Crippen LogP contribution in [0.2, 0.25) is 0 Å². The van der Waals surface area contributed by atoms with Crippen molar-refractivity contribution >= 4 is 11.9 Å². The molecule has 0 aromatic heterocycles. The first-order chi connectivity index (χ1) is 24.5. The van der Waals surface area contributed by atoms with Crippen LogP contribution in [0.15, 0.2) is 48.5 Å². The number of ether oxygens (including phenoxy) is 2. The Balaban J connectivity index is 1.76. The number of hydrogen-bond donors (Lipinski definition) is 0. The van der Waals surface area contributed by atoms with Crippen molar-refractivity contribution < 1.29 is 19.1 Å². The van der Waals surface area contributed by atoms with Gasteiger partial charge in [0, 0.05) is 12.8 Å². The Bertz CT molecular complexity index is 1060. The molecular weight excluding hydrogens is 620 g/mol. The normalized spacial score (nSPS) is 11.4. The number of unbranched alkanes of at least 4 members (excludes halogenated alkanes) is 10. The van der Waals surface area contributed by atoms with Gasteiger partial charge >= 0.3 is 11.9 Å². The summed E-state index contributed by atoms with van der Waals surface area (Å²) in [5, 5.41) is 0. The fraction of sp³-hybridized carbons (Fsp3) is 0.682. The molecule has 0 radical (unpaired) electrons. The number of carbonyl (C=O) groups is 2. The van der Waals surface area contributed by atoms with E-state index in [0.717, 1.165) is 74.4 Å². The fourth-order valence-corrected chi connectivity index (χ4v) is 6.36. The van der Waals surface area contributed by atoms with Crippen molar-refractivity contribution in [3.63, 3.8) is 0 Å². The predicted molar refractivity (Wildman–Crippen MR) is 210 cm³/mol. The average molecular weight is 693 g/mol. The van der Waals surface area contributed by atoms with Crippen molar-refractivity contribution in [3.05, 3.63) is 59.7 Å². The van der Waals surface area contributed by atoms with E-state index < -0.39 is 0 Å². The molecule has 6 nitrogen and oxygen atoms in total. The third-order valence-corrected chi connectivity index (χ3v) is 9.51. The van der Waals surface area contributed by atoms with Gasteiger partial charge in [-0.15, -0.1) is 0 Å². The molecule has 2 aromatic carbocycles. The quantitative estimate of drug-likeness (QED) is 0.0579. The van der Waals surface area contributed by atoms with E-state index in [-0.39, 0.29) is 25.2 Å². The van der Waals surface area contributed by atoms with Gasteiger partial charge in [0.15, 0.2) is 0 Å². The minimum Gasteiger partial charge on any atom is -0.461 e. The van der Waals surface area contributed by atoms with E-state index in [4.69, 9.17) is 9.47 Å². The van der Waals surface area contributed by atoms with Crippen LogP contribution in [0, 0.1) is 0 Å². The lowest BCUT2D eigenvalue weighted by atomic mass is 10.0. The Morgan fingerprint density at radius 3 is 1.22 bits per heavy atom. The highest BCUT2D eigenvalue weighted by molar-refractivity contribution is 5.70. The number of carbonyl (C=O) groups excluding carboxylic acids is 2. The van der Waals surface area contributed by atoms with E-state index in [0.29, 0.717) is 12.8 Å². The standard InChI is InChI=1S/C44H72N2O4/c1-5-9-13-15-17-31-45(29-11-7-3)33-21-27-43(47)49-37-39-23-19-25-41(35-39)42-26-20-24-40(36-42)38-50-44(48)28-22-34-46(30-12-8-4)32-18-16-14-10-6-2/h19-20,23-26,35-36H,5-18,21-22,27-34,37-38H2,1-4H3. The van der Waals surface area contributed by atoms with Crippen LogP contribution in [0.3, 0.4) is 0 Å². The van der Waals surface area contributed by atoms with Gasteiger partial charge in [0.05, 0.1) is 0 Å². The Hall–Kier alpha value is -2.70. The zero-order valence-corrected chi connectivity index (χ0v) is 32.5. The highest BCUT2D eigenvalue weighted by atomic mass is 16.5. The Morgan fingerprint density at radius 1 is 0.460 bits per heavy atom. The van der Waals surface area contributed by atoms with E-state index >= 15 is 0 Å². The highest BCUT2D eigenvalue weighted by Gasteiger charge is 2.11. The first-order valence-corrected chi connectivity index (χ1v) is 20.4. The molecule has 0 fully saturated rings. The molecule has 6 heteroatoms. The smallest absolute Gasteiger partial charge is 0.306 e. The number of esters is 2. The van der Waals surface area contributed by atoms with Crippen LogP contribution >= 0.6 is 0 Å². The Morgan fingerprint density at radius 2 is 0.820 bits per heavy atom. The molecule has 0 saturated carbocycles. The molecule has 0 atom stereocenters. The van der Waals surface area contributed by atoms with Crippen molar-refractivity contribution in [1.29, 1.82) is 0 Å². The number of rotatable bonds is 31. The van der Waals surface area contributed by atoms with Crippen LogP contribution in [0.4, 0.5) is 0 Å². The van der Waals surface area contributed by atoms with Crippen molar-refractivity contribution in [2.45, 2.75) is 156 Å². The van der Waals surface area contributed by atoms with Crippen LogP contribution in [-0.2, 0) is 32.3 Å². The highest BCUT2D eigenvalue weighted by Crippen LogP contribution is 2.23. The van der Waals surface area contributed by atoms with E-state index in [1.165, 1.54) is 89.9 Å². The topological polar surface area (TPSA) is 59.1 Å². The summed E-state index contributed by atoms with van der Waals surface area (Å²) >= 11 is 0. The lowest BCUT2D eigenvalue weighted by Gasteiger charge is -2.22. The summed E-state index contributed by atoms with van der Waals surface area (Å²) in [6, 6.07) is 16.3. The van der Waals surface area contributed by atoms with Gasteiger partial charge < -0.3 is 19.3 Å². The van der Waals surface area contributed by atoms with E-state index in [1.807, 2.05) is 24.3 Å². The predicted octanol–water partition coefficient (Wildman–Crippen LogP) is 11.1. The second kappa shape index (κ2) is 28.9. The van der Waals surface area contributed by atoms with E-state index in [1.54, 1.807) is 0 Å². The first-order valence-electron chi connectivity index (χ1n) is 20.4. The van der Waals surface area contributed by atoms with Gasteiger partial charge in [-0.3, -0.25) is 9.59 Å². The third-order valence-electron chi connectivity index (χ3n) is 9.51. The van der Waals surface area contributed by atoms with Crippen LogP contribution < -0.4 is 0 Å². The molecule has 0 amide bonds. The zero-order valence-electron chi connectivity index (χ0n) is 32.5. The second-order valence-corrected chi connectivity index (χ2v) is 14.1. The summed E-state index contributed by atoms with van der Waals surface area (Å²) in [4.78, 5) is 30.3. The van der Waals surface area contributed by atoms with Crippen molar-refractivity contribution in [2.24, 2.45) is 0 Å². The molecule has 0 bridgehead atoms. The molecule has 282 valence electrons. The third kappa shape index (κ3) is 20.8. The SMILES string of the molecule is CCCCCCCN(CCCC)CCCC(=O)OCc1cccc(-c2cccc(COC(=O)CCCN(CCCC)CCCCCCC)c2)c1. The number of hydrogen-bond acceptors (Lipinski definition) is 6. The van der Waals surface area contributed by atoms with Gasteiger partial charge in [-0.05, 0) is 112 Å². The van der Waals surface area contributed by atoms with Crippen molar-refractivity contribution in [2.75, 3.05) is 39.3 Å². The maximum Gasteiger partial charge on any atom is 0.306 e. The number of benzene rings is 2. The molecule has 0 unspecified atom stereocenters. The van der Waals surface area contributed by atoms with Gasteiger partial charge in [-0.25, -0.2) is 0 Å². The Labute approximate surface area is 306 Å². The zero-order chi connectivity index (χ0) is 36.1. The van der Waals surface area contributed by atoms with Crippen LogP contribution in [0.5, 0.6) is 0 Å². The van der Waals surface area contributed by atoms with Gasteiger partial charge in [-0.2, -0.15) is 0 Å². The van der Waals surface area contributed by atoms with Gasteiger partial charge in [0.25, 0.3) is 0 Å². The summed E-state index contributed by atoms with van der Waals surface area (Å²) in [6.45, 7) is 15.9. The molecule has 2 rings (SSSR count). The van der Waals surface area contributed by atoms with Crippen molar-refractivity contribution in [3.8, 4) is 11.1 Å². The fourth-order valence-electron chi connectivity index (χ4n) is 6.36. The second-order valence-electron chi connectivity index (χ2n) is 14.1. The summed E-state index contributed by atoms with van der Waals surface area (Å²) < 4.78 is 11.4. The Kier molecular flexibility index (Phi) is 25.2. The van der Waals surface area contributed by atoms with E-state index in [9.17, 15) is 9.59 Å². The summed E-state index contributed by atoms with van der Waals surface area (Å²) in [6.07, 6.45) is 20.3. The molecule has 0 aliphatic carbocycles. The van der Waals surface area contributed by atoms with Crippen LogP contribution in [0.1, 0.15) is 154 Å². The minimum atomic E-state index is -0.131. The summed E-state index contributed by atoms with van der Waals surface area (Å²) in [5.41, 5.74) is 4.05. The van der Waals surface area contributed by atoms with E-state index in [2.05, 4.69) is 61.8 Å². The van der Waals surface area contributed by atoms with Crippen LogP contribution in [-0.4, -0.2) is 61.0 Å². The molecule has 0 aliphatic rings. The first kappa shape index (κ1) is 43.5. The molecule has 2 aromatic rings. The molecule has 0 aliphatic heterocycles. The largest absolute Gasteiger partial charge is 0.461 e. The lowest BCUT2D eigenvalue weighted by Crippen LogP contribution is -2.27. The molecule has 0 heterocycles. The minimum absolute atomic E-state index is 0.131. The lowest BCUT2D eigenvalue weighted by molar-refractivity contribution is -0.146. The molecular formula is C44H72N2O4. The average Bonchev–Trinajstić information content (AvgIpc) is 3.13. The summed E-state index contributed by atoms with van der Waals surface area (Å²) in [7, 11) is 0.